The Balaban J connectivity index is 2.02. The van der Waals surface area contributed by atoms with Crippen molar-refractivity contribution >= 4 is 5.96 Å². The van der Waals surface area contributed by atoms with Gasteiger partial charge in [-0.1, -0.05) is 6.07 Å². The van der Waals surface area contributed by atoms with Gasteiger partial charge in [0.25, 0.3) is 0 Å². The predicted molar refractivity (Wildman–Crippen MR) is 111 cm³/mol. The van der Waals surface area contributed by atoms with Gasteiger partial charge in [-0.2, -0.15) is 0 Å². The van der Waals surface area contributed by atoms with Crippen LogP contribution >= 0.6 is 0 Å². The summed E-state index contributed by atoms with van der Waals surface area (Å²) in [5.74, 6) is 3.32. The molecule has 8 heteroatoms. The van der Waals surface area contributed by atoms with Crippen molar-refractivity contribution in [1.29, 1.82) is 0 Å². The quantitative estimate of drug-likeness (QED) is 0.368. The van der Waals surface area contributed by atoms with Crippen molar-refractivity contribution in [3.05, 3.63) is 41.0 Å². The highest BCUT2D eigenvalue weighted by Crippen LogP contribution is 2.17. The highest BCUT2D eigenvalue weighted by molar-refractivity contribution is 5.79. The standard InChI is InChI=1S/C20H32N6O2/c1-6-28-9-7-8-21-20(23-14-19-25-24-16(3)26(19)4)22-13-17-10-15(2)11-18(12-17)27-5/h10-12H,6-9,13-14H2,1-5H3,(H2,21,22,23). The fourth-order valence-corrected chi connectivity index (χ4v) is 2.67. The number of nitrogens with zero attached hydrogens (tertiary/aromatic N) is 4. The number of aryl methyl sites for hydroxylation is 2. The zero-order valence-electron chi connectivity index (χ0n) is 17.6. The maximum atomic E-state index is 5.40. The molecule has 2 rings (SSSR count). The molecule has 0 unspecified atom stereocenters. The average molecular weight is 389 g/mol. The first-order valence-electron chi connectivity index (χ1n) is 9.62. The molecule has 0 bridgehead atoms. The molecule has 0 saturated heterocycles. The Labute approximate surface area is 167 Å². The molecular formula is C20H32N6O2. The SMILES string of the molecule is CCOCCCNC(=NCc1cc(C)cc(OC)c1)NCc1nnc(C)n1C. The molecule has 0 radical (unpaired) electrons. The molecule has 0 atom stereocenters. The number of hydrogen-bond acceptors (Lipinski definition) is 5. The minimum absolute atomic E-state index is 0.547. The van der Waals surface area contributed by atoms with Gasteiger partial charge in [0, 0.05) is 26.8 Å². The van der Waals surface area contributed by atoms with Crippen LogP contribution < -0.4 is 15.4 Å². The number of ether oxygens (including phenoxy) is 2. The number of benzene rings is 1. The van der Waals surface area contributed by atoms with Crippen molar-refractivity contribution in [2.24, 2.45) is 12.0 Å². The number of aromatic nitrogens is 3. The van der Waals surface area contributed by atoms with Gasteiger partial charge in [0.05, 0.1) is 20.2 Å². The minimum atomic E-state index is 0.547. The van der Waals surface area contributed by atoms with Crippen LogP contribution in [0.4, 0.5) is 0 Å². The first-order valence-corrected chi connectivity index (χ1v) is 9.62. The summed E-state index contributed by atoms with van der Waals surface area (Å²) in [6.07, 6.45) is 0.913. The summed E-state index contributed by atoms with van der Waals surface area (Å²) >= 11 is 0. The van der Waals surface area contributed by atoms with Crippen LogP contribution in [0, 0.1) is 13.8 Å². The molecule has 154 valence electrons. The van der Waals surface area contributed by atoms with E-state index in [4.69, 9.17) is 14.5 Å². The van der Waals surface area contributed by atoms with E-state index >= 15 is 0 Å². The monoisotopic (exact) mass is 388 g/mol. The van der Waals surface area contributed by atoms with Gasteiger partial charge in [0.1, 0.15) is 11.6 Å². The van der Waals surface area contributed by atoms with Crippen molar-refractivity contribution in [3.63, 3.8) is 0 Å². The van der Waals surface area contributed by atoms with Crippen molar-refractivity contribution in [1.82, 2.24) is 25.4 Å². The second kappa shape index (κ2) is 11.3. The molecule has 28 heavy (non-hydrogen) atoms. The minimum Gasteiger partial charge on any atom is -0.497 e. The third kappa shape index (κ3) is 6.84. The van der Waals surface area contributed by atoms with Crippen molar-refractivity contribution in [3.8, 4) is 5.75 Å². The number of nitrogens with one attached hydrogen (secondary N) is 2. The van der Waals surface area contributed by atoms with Crippen molar-refractivity contribution in [2.45, 2.75) is 40.3 Å². The lowest BCUT2D eigenvalue weighted by Crippen LogP contribution is -2.38. The summed E-state index contributed by atoms with van der Waals surface area (Å²) < 4.78 is 12.7. The molecule has 0 saturated carbocycles. The van der Waals surface area contributed by atoms with Gasteiger partial charge in [-0.3, -0.25) is 0 Å². The first-order chi connectivity index (χ1) is 13.5. The molecule has 2 N–H and O–H groups in total. The van der Waals surface area contributed by atoms with Crippen LogP contribution in [0.1, 0.15) is 36.1 Å². The highest BCUT2D eigenvalue weighted by atomic mass is 16.5. The molecule has 0 aliphatic heterocycles. The highest BCUT2D eigenvalue weighted by Gasteiger charge is 2.07. The zero-order chi connectivity index (χ0) is 20.4. The van der Waals surface area contributed by atoms with Crippen molar-refractivity contribution < 1.29 is 9.47 Å². The van der Waals surface area contributed by atoms with Gasteiger partial charge in [-0.15, -0.1) is 10.2 Å². The van der Waals surface area contributed by atoms with E-state index in [-0.39, 0.29) is 0 Å². The normalized spacial score (nSPS) is 11.5. The maximum absolute atomic E-state index is 5.40. The molecule has 0 spiro atoms. The van der Waals surface area contributed by atoms with E-state index < -0.39 is 0 Å². The number of aliphatic imine (C=N–C) groups is 1. The number of guanidine groups is 1. The molecule has 1 aromatic carbocycles. The van der Waals surface area contributed by atoms with Gasteiger partial charge in [0.2, 0.25) is 0 Å². The molecule has 0 aliphatic rings. The van der Waals surface area contributed by atoms with Gasteiger partial charge in [0.15, 0.2) is 11.8 Å². The van der Waals surface area contributed by atoms with Gasteiger partial charge in [-0.25, -0.2) is 4.99 Å². The van der Waals surface area contributed by atoms with Crippen LogP contribution in [0.3, 0.4) is 0 Å². The molecule has 0 amide bonds. The van der Waals surface area contributed by atoms with Gasteiger partial charge >= 0.3 is 0 Å². The molecular weight excluding hydrogens is 356 g/mol. The Morgan fingerprint density at radius 1 is 1.18 bits per heavy atom. The summed E-state index contributed by atoms with van der Waals surface area (Å²) in [6, 6.07) is 6.13. The summed E-state index contributed by atoms with van der Waals surface area (Å²) in [6.45, 7) is 9.33. The Morgan fingerprint density at radius 2 is 2.00 bits per heavy atom. The Hall–Kier alpha value is -2.61. The first kappa shape index (κ1) is 21.7. The summed E-state index contributed by atoms with van der Waals surface area (Å²) in [5.41, 5.74) is 2.25. The van der Waals surface area contributed by atoms with E-state index in [1.54, 1.807) is 7.11 Å². The predicted octanol–water partition coefficient (Wildman–Crippen LogP) is 2.10. The molecule has 8 nitrogen and oxygen atoms in total. The second-order valence-electron chi connectivity index (χ2n) is 6.58. The van der Waals surface area contributed by atoms with E-state index in [2.05, 4.69) is 33.8 Å². The third-order valence-corrected chi connectivity index (χ3v) is 4.32. The lowest BCUT2D eigenvalue weighted by Gasteiger charge is -2.13. The van der Waals surface area contributed by atoms with E-state index in [1.807, 2.05) is 37.6 Å². The van der Waals surface area contributed by atoms with E-state index in [0.29, 0.717) is 13.1 Å². The van der Waals surface area contributed by atoms with E-state index in [0.717, 1.165) is 60.7 Å². The molecule has 1 aromatic heterocycles. The number of hydrogen-bond donors (Lipinski definition) is 2. The van der Waals surface area contributed by atoms with Gasteiger partial charge < -0.3 is 24.7 Å². The number of rotatable bonds is 10. The van der Waals surface area contributed by atoms with Crippen molar-refractivity contribution in [2.75, 3.05) is 26.9 Å². The topological polar surface area (TPSA) is 85.6 Å². The van der Waals surface area contributed by atoms with E-state index in [1.165, 1.54) is 0 Å². The maximum Gasteiger partial charge on any atom is 0.191 e. The lowest BCUT2D eigenvalue weighted by molar-refractivity contribution is 0.145. The number of methoxy groups -OCH3 is 1. The van der Waals surface area contributed by atoms with E-state index in [9.17, 15) is 0 Å². The van der Waals surface area contributed by atoms with Crippen LogP contribution in [0.5, 0.6) is 5.75 Å². The third-order valence-electron chi connectivity index (χ3n) is 4.32. The van der Waals surface area contributed by atoms with Gasteiger partial charge in [-0.05, 0) is 50.5 Å². The molecule has 2 aromatic rings. The smallest absolute Gasteiger partial charge is 0.191 e. The van der Waals surface area contributed by atoms with Crippen LogP contribution in [0.2, 0.25) is 0 Å². The second-order valence-corrected chi connectivity index (χ2v) is 6.58. The van der Waals surface area contributed by atoms with Crippen LogP contribution in [0.25, 0.3) is 0 Å². The molecule has 0 aliphatic carbocycles. The Bertz CT molecular complexity index is 772. The van der Waals surface area contributed by atoms with Crippen LogP contribution in [0.15, 0.2) is 23.2 Å². The summed E-state index contributed by atoms with van der Waals surface area (Å²) in [4.78, 5) is 4.72. The zero-order valence-corrected chi connectivity index (χ0v) is 17.6. The lowest BCUT2D eigenvalue weighted by atomic mass is 10.1. The average Bonchev–Trinajstić information content (AvgIpc) is 3.00. The molecule has 1 heterocycles. The fourth-order valence-electron chi connectivity index (χ4n) is 2.67. The Kier molecular flexibility index (Phi) is 8.74. The summed E-state index contributed by atoms with van der Waals surface area (Å²) in [7, 11) is 3.63. The summed E-state index contributed by atoms with van der Waals surface area (Å²) in [5, 5.41) is 15.0. The fraction of sp³-hybridized carbons (Fsp3) is 0.550. The van der Waals surface area contributed by atoms with Crippen LogP contribution in [-0.2, 0) is 24.9 Å². The Morgan fingerprint density at radius 3 is 2.68 bits per heavy atom. The van der Waals surface area contributed by atoms with Crippen LogP contribution in [-0.4, -0.2) is 47.6 Å². The molecule has 0 fully saturated rings. The largest absolute Gasteiger partial charge is 0.497 e.